The smallest absolute Gasteiger partial charge is 0.226 e. The molecule has 0 aromatic heterocycles. The van der Waals surface area contributed by atoms with Crippen molar-refractivity contribution in [2.24, 2.45) is 5.92 Å². The molecule has 1 aromatic carbocycles. The Hall–Kier alpha value is -1.82. The second kappa shape index (κ2) is 12.7. The normalized spacial score (nSPS) is 14.1. The number of hydrogen-bond acceptors (Lipinski definition) is 4. The van der Waals surface area contributed by atoms with Crippen LogP contribution in [0.5, 0.6) is 5.75 Å². The lowest BCUT2D eigenvalue weighted by Crippen LogP contribution is -2.27. The van der Waals surface area contributed by atoms with Crippen molar-refractivity contribution in [1.82, 2.24) is 0 Å². The molecule has 0 saturated heterocycles. The van der Waals surface area contributed by atoms with Gasteiger partial charge >= 0.3 is 0 Å². The summed E-state index contributed by atoms with van der Waals surface area (Å²) in [5, 5.41) is 9.51. The summed E-state index contributed by atoms with van der Waals surface area (Å²) in [6.07, 6.45) is 7.69. The van der Waals surface area contributed by atoms with Gasteiger partial charge in [0.2, 0.25) is 5.91 Å². The van der Waals surface area contributed by atoms with Crippen LogP contribution in [-0.4, -0.2) is 45.0 Å². The quantitative estimate of drug-likeness (QED) is 0.519. The van der Waals surface area contributed by atoms with Gasteiger partial charge in [-0.1, -0.05) is 42.3 Å². The lowest BCUT2D eigenvalue weighted by atomic mass is 10.0. The number of anilines is 1. The number of rotatable bonds is 11. The van der Waals surface area contributed by atoms with Crippen LogP contribution in [0.2, 0.25) is 5.02 Å². The highest BCUT2D eigenvalue weighted by Gasteiger charge is 2.19. The fourth-order valence-electron chi connectivity index (χ4n) is 2.73. The molecule has 0 bridgehead atoms. The third-order valence-electron chi connectivity index (χ3n) is 4.79. The van der Waals surface area contributed by atoms with Gasteiger partial charge in [0.05, 0.1) is 18.9 Å². The van der Waals surface area contributed by atoms with Crippen molar-refractivity contribution in [3.05, 3.63) is 46.5 Å². The number of allylic oxidation sites excluding steroid dienone is 3. The third-order valence-corrected chi connectivity index (χ3v) is 5.17. The molecule has 0 spiro atoms. The van der Waals surface area contributed by atoms with Crippen LogP contribution in [-0.2, 0) is 16.0 Å². The van der Waals surface area contributed by atoms with E-state index < -0.39 is 0 Å². The summed E-state index contributed by atoms with van der Waals surface area (Å²) in [5.74, 6) is 0.645. The highest BCUT2D eigenvalue weighted by Crippen LogP contribution is 2.36. The minimum atomic E-state index is -0.0248. The van der Waals surface area contributed by atoms with Crippen LogP contribution < -0.4 is 9.64 Å². The zero-order chi connectivity index (χ0) is 22.0. The molecule has 0 heterocycles. The Morgan fingerprint density at radius 1 is 1.31 bits per heavy atom. The number of aliphatic hydroxyl groups is 1. The lowest BCUT2D eigenvalue weighted by molar-refractivity contribution is -0.118. The largest absolute Gasteiger partial charge is 0.495 e. The Labute approximate surface area is 180 Å². The van der Waals surface area contributed by atoms with E-state index in [4.69, 9.17) is 26.2 Å². The highest BCUT2D eigenvalue weighted by molar-refractivity contribution is 6.35. The van der Waals surface area contributed by atoms with Crippen LogP contribution >= 0.6 is 11.6 Å². The first-order chi connectivity index (χ1) is 13.7. The van der Waals surface area contributed by atoms with E-state index in [0.29, 0.717) is 35.7 Å². The van der Waals surface area contributed by atoms with Gasteiger partial charge in [-0.2, -0.15) is 0 Å². The fourth-order valence-corrected chi connectivity index (χ4v) is 3.04. The highest BCUT2D eigenvalue weighted by atomic mass is 35.5. The minimum Gasteiger partial charge on any atom is -0.495 e. The molecule has 0 saturated carbocycles. The van der Waals surface area contributed by atoms with Crippen LogP contribution in [0.15, 0.2) is 35.9 Å². The van der Waals surface area contributed by atoms with Gasteiger partial charge in [0.1, 0.15) is 10.8 Å². The van der Waals surface area contributed by atoms with Crippen molar-refractivity contribution >= 4 is 23.2 Å². The monoisotopic (exact) mass is 423 g/mol. The molecule has 1 N–H and O–H groups in total. The van der Waals surface area contributed by atoms with E-state index in [0.717, 1.165) is 11.1 Å². The van der Waals surface area contributed by atoms with Gasteiger partial charge in [-0.05, 0) is 50.3 Å². The number of methoxy groups -OCH3 is 2. The number of ether oxygens (including phenoxy) is 2. The van der Waals surface area contributed by atoms with Crippen LogP contribution in [0, 0.1) is 5.92 Å². The van der Waals surface area contributed by atoms with E-state index in [9.17, 15) is 4.79 Å². The molecule has 1 amide bonds. The molecule has 5 nitrogen and oxygen atoms in total. The molecule has 6 heteroatoms. The average molecular weight is 424 g/mol. The topological polar surface area (TPSA) is 59.0 Å². The minimum absolute atomic E-state index is 0.0248. The maximum Gasteiger partial charge on any atom is 0.226 e. The number of nitrogens with zero attached hydrogens (tertiary/aromatic N) is 1. The van der Waals surface area contributed by atoms with E-state index in [2.05, 4.69) is 0 Å². The molecular weight excluding hydrogens is 390 g/mol. The molecule has 0 radical (unpaired) electrons. The molecule has 29 heavy (non-hydrogen) atoms. The molecule has 0 aliphatic heterocycles. The molecule has 1 unspecified atom stereocenters. The summed E-state index contributed by atoms with van der Waals surface area (Å²) >= 11 is 6.49. The maximum atomic E-state index is 12.6. The summed E-state index contributed by atoms with van der Waals surface area (Å²) in [6, 6.07) is 3.83. The van der Waals surface area contributed by atoms with E-state index >= 15 is 0 Å². The predicted molar refractivity (Wildman–Crippen MR) is 120 cm³/mol. The maximum absolute atomic E-state index is 12.6. The molecular formula is C23H34ClNO4. The second-order valence-corrected chi connectivity index (χ2v) is 7.78. The molecule has 0 fully saturated rings. The Morgan fingerprint density at radius 3 is 2.59 bits per heavy atom. The molecule has 162 valence electrons. The molecule has 1 rings (SSSR count). The van der Waals surface area contributed by atoms with Crippen LogP contribution in [0.25, 0.3) is 0 Å². The summed E-state index contributed by atoms with van der Waals surface area (Å²) in [7, 11) is 4.93. The van der Waals surface area contributed by atoms with Crippen molar-refractivity contribution in [3.8, 4) is 5.75 Å². The predicted octanol–water partition coefficient (Wildman–Crippen LogP) is 4.80. The SMILES string of the molecule is COc1cc(C/C(C)=C/C=C/C(C)CO)cc(N(C)C(=O)CC[C@H](C)OC)c1Cl. The number of carbonyl (C=O) groups excluding carboxylic acids is 1. The van der Waals surface area contributed by atoms with Crippen molar-refractivity contribution < 1.29 is 19.4 Å². The summed E-state index contributed by atoms with van der Waals surface area (Å²) in [4.78, 5) is 14.2. The van der Waals surface area contributed by atoms with Crippen molar-refractivity contribution in [2.45, 2.75) is 46.1 Å². The van der Waals surface area contributed by atoms with Crippen LogP contribution in [0.1, 0.15) is 39.2 Å². The van der Waals surface area contributed by atoms with Gasteiger partial charge < -0.3 is 19.5 Å². The summed E-state index contributed by atoms with van der Waals surface area (Å²) < 4.78 is 10.7. The summed E-state index contributed by atoms with van der Waals surface area (Å²) in [5.41, 5.74) is 2.78. The molecule has 0 aliphatic carbocycles. The van der Waals surface area contributed by atoms with Crippen molar-refractivity contribution in [1.29, 1.82) is 0 Å². The standard InChI is InChI=1S/C23H34ClNO4/c1-16(8-7-9-17(2)15-26)12-19-13-20(23(24)21(14-19)29-6)25(4)22(27)11-10-18(3)28-5/h7-9,13-14,17-18,26H,10-12,15H2,1-6H3/b9-7+,16-8+/t17?,18-/m0/s1. The Morgan fingerprint density at radius 2 is 2.00 bits per heavy atom. The Balaban J connectivity index is 3.04. The first-order valence-electron chi connectivity index (χ1n) is 9.84. The number of carbonyl (C=O) groups is 1. The number of amides is 1. The van der Waals surface area contributed by atoms with E-state index in [1.54, 1.807) is 26.2 Å². The first-order valence-corrected chi connectivity index (χ1v) is 10.2. The van der Waals surface area contributed by atoms with Crippen LogP contribution in [0.3, 0.4) is 0 Å². The van der Waals surface area contributed by atoms with E-state index in [1.165, 1.54) is 0 Å². The zero-order valence-electron chi connectivity index (χ0n) is 18.4. The Kier molecular flexibility index (Phi) is 11.0. The number of halogens is 1. The third kappa shape index (κ3) is 8.21. The Bertz CT molecular complexity index is 730. The first kappa shape index (κ1) is 25.2. The van der Waals surface area contributed by atoms with Crippen molar-refractivity contribution in [2.75, 3.05) is 32.8 Å². The van der Waals surface area contributed by atoms with Crippen molar-refractivity contribution in [3.63, 3.8) is 0 Å². The zero-order valence-corrected chi connectivity index (χ0v) is 19.1. The fraction of sp³-hybridized carbons (Fsp3) is 0.522. The number of benzene rings is 1. The van der Waals surface area contributed by atoms with Gasteiger partial charge in [0.15, 0.2) is 0 Å². The van der Waals surface area contributed by atoms with Crippen LogP contribution in [0.4, 0.5) is 5.69 Å². The molecule has 0 aliphatic rings. The molecule has 2 atom stereocenters. The van der Waals surface area contributed by atoms with E-state index in [-0.39, 0.29) is 24.5 Å². The van der Waals surface area contributed by atoms with Gasteiger partial charge in [-0.25, -0.2) is 0 Å². The number of hydrogen-bond donors (Lipinski definition) is 1. The summed E-state index contributed by atoms with van der Waals surface area (Å²) in [6.45, 7) is 6.06. The number of aliphatic hydroxyl groups excluding tert-OH is 1. The van der Waals surface area contributed by atoms with Gasteiger partial charge in [-0.3, -0.25) is 4.79 Å². The lowest BCUT2D eigenvalue weighted by Gasteiger charge is -2.22. The molecule has 1 aromatic rings. The second-order valence-electron chi connectivity index (χ2n) is 7.40. The average Bonchev–Trinajstić information content (AvgIpc) is 2.71. The van der Waals surface area contributed by atoms with E-state index in [1.807, 2.05) is 51.1 Å². The van der Waals surface area contributed by atoms with Gasteiger partial charge in [0.25, 0.3) is 0 Å². The van der Waals surface area contributed by atoms with Gasteiger partial charge in [0, 0.05) is 27.2 Å². The van der Waals surface area contributed by atoms with Gasteiger partial charge in [-0.15, -0.1) is 0 Å².